The number of hydrogen-bond acceptors (Lipinski definition) is 4. The summed E-state index contributed by atoms with van der Waals surface area (Å²) in [6.45, 7) is 1.95. The number of carbonyl (C=O) groups excluding carboxylic acids is 1. The monoisotopic (exact) mass is 456 g/mol. The number of aryl methyl sites for hydroxylation is 1. The highest BCUT2D eigenvalue weighted by Crippen LogP contribution is 2.35. The Morgan fingerprint density at radius 2 is 1.91 bits per heavy atom. The molecule has 5 rings (SSSR count). The number of aromatic nitrogens is 4. The SMILES string of the molecule is Cc1cn(C2CCC(Nc3cccc4nc(C(F)(F)F)cn34)CC2)c2nccc(C(N)=O)c12. The van der Waals surface area contributed by atoms with Crippen LogP contribution in [0, 0.1) is 6.92 Å². The predicted molar refractivity (Wildman–Crippen MR) is 118 cm³/mol. The van der Waals surface area contributed by atoms with Gasteiger partial charge in [-0.2, -0.15) is 13.2 Å². The van der Waals surface area contributed by atoms with Crippen LogP contribution >= 0.6 is 0 Å². The van der Waals surface area contributed by atoms with E-state index in [1.807, 2.05) is 13.1 Å². The van der Waals surface area contributed by atoms with Crippen molar-refractivity contribution in [2.75, 3.05) is 5.32 Å². The average molecular weight is 456 g/mol. The first-order valence-electron chi connectivity index (χ1n) is 10.8. The molecule has 0 atom stereocenters. The predicted octanol–water partition coefficient (Wildman–Crippen LogP) is 4.71. The third-order valence-corrected chi connectivity index (χ3v) is 6.39. The molecule has 10 heteroatoms. The van der Waals surface area contributed by atoms with Gasteiger partial charge in [-0.05, 0) is 56.4 Å². The number of imidazole rings is 1. The van der Waals surface area contributed by atoms with E-state index in [1.165, 1.54) is 4.40 Å². The number of carbonyl (C=O) groups is 1. The molecule has 1 amide bonds. The fraction of sp³-hybridized carbons (Fsp3) is 0.348. The summed E-state index contributed by atoms with van der Waals surface area (Å²) in [5.41, 5.74) is 7.07. The van der Waals surface area contributed by atoms with E-state index < -0.39 is 17.8 Å². The Labute approximate surface area is 187 Å². The normalized spacial score (nSPS) is 19.3. The lowest BCUT2D eigenvalue weighted by molar-refractivity contribution is -0.140. The number of anilines is 1. The van der Waals surface area contributed by atoms with Crippen molar-refractivity contribution in [2.45, 2.75) is 50.9 Å². The van der Waals surface area contributed by atoms with Gasteiger partial charge < -0.3 is 15.6 Å². The maximum atomic E-state index is 13.1. The van der Waals surface area contributed by atoms with Crippen molar-refractivity contribution in [2.24, 2.45) is 5.73 Å². The number of rotatable bonds is 4. The van der Waals surface area contributed by atoms with E-state index in [0.717, 1.165) is 48.5 Å². The summed E-state index contributed by atoms with van der Waals surface area (Å²) >= 11 is 0. The van der Waals surface area contributed by atoms with E-state index in [-0.39, 0.29) is 17.7 Å². The van der Waals surface area contributed by atoms with Gasteiger partial charge in [0.2, 0.25) is 5.91 Å². The van der Waals surface area contributed by atoms with E-state index >= 15 is 0 Å². The number of halogens is 3. The van der Waals surface area contributed by atoms with Crippen molar-refractivity contribution in [3.05, 3.63) is 59.7 Å². The number of pyridine rings is 2. The minimum absolute atomic E-state index is 0.126. The van der Waals surface area contributed by atoms with Gasteiger partial charge in [0.15, 0.2) is 5.69 Å². The Balaban J connectivity index is 1.34. The van der Waals surface area contributed by atoms with Crippen LogP contribution in [0.15, 0.2) is 42.9 Å². The minimum Gasteiger partial charge on any atom is -0.368 e. The molecule has 0 saturated heterocycles. The molecule has 0 bridgehead atoms. The third kappa shape index (κ3) is 3.79. The summed E-state index contributed by atoms with van der Waals surface area (Å²) in [6.07, 6.45) is 3.60. The largest absolute Gasteiger partial charge is 0.434 e. The molecule has 0 unspecified atom stereocenters. The van der Waals surface area contributed by atoms with Crippen LogP contribution < -0.4 is 11.1 Å². The molecule has 172 valence electrons. The van der Waals surface area contributed by atoms with Gasteiger partial charge in [-0.1, -0.05) is 6.07 Å². The van der Waals surface area contributed by atoms with E-state index in [4.69, 9.17) is 5.73 Å². The highest BCUT2D eigenvalue weighted by atomic mass is 19.4. The summed E-state index contributed by atoms with van der Waals surface area (Å²) in [7, 11) is 0. The molecule has 4 aromatic rings. The van der Waals surface area contributed by atoms with Crippen LogP contribution in [0.2, 0.25) is 0 Å². The fourth-order valence-electron chi connectivity index (χ4n) is 4.83. The number of primary amides is 1. The molecule has 0 aromatic carbocycles. The van der Waals surface area contributed by atoms with Crippen LogP contribution in [-0.2, 0) is 6.18 Å². The molecule has 1 aliphatic rings. The Bertz CT molecular complexity index is 1350. The number of nitrogens with two attached hydrogens (primary N) is 1. The van der Waals surface area contributed by atoms with Crippen molar-refractivity contribution in [3.8, 4) is 0 Å². The Kier molecular flexibility index (Phi) is 5.02. The van der Waals surface area contributed by atoms with Crippen molar-refractivity contribution in [1.82, 2.24) is 18.9 Å². The second-order valence-electron chi connectivity index (χ2n) is 8.55. The quantitative estimate of drug-likeness (QED) is 0.466. The van der Waals surface area contributed by atoms with Gasteiger partial charge in [0.05, 0.1) is 5.56 Å². The Morgan fingerprint density at radius 3 is 2.61 bits per heavy atom. The summed E-state index contributed by atoms with van der Waals surface area (Å²) in [5, 5.41) is 4.19. The molecular formula is C23H23F3N6O. The number of amides is 1. The topological polar surface area (TPSA) is 90.2 Å². The van der Waals surface area contributed by atoms with Gasteiger partial charge in [0, 0.05) is 36.1 Å². The summed E-state index contributed by atoms with van der Waals surface area (Å²) in [4.78, 5) is 20.0. The lowest BCUT2D eigenvalue weighted by Crippen LogP contribution is -2.28. The zero-order chi connectivity index (χ0) is 23.3. The molecule has 1 fully saturated rings. The second kappa shape index (κ2) is 7.79. The molecule has 0 radical (unpaired) electrons. The second-order valence-corrected chi connectivity index (χ2v) is 8.55. The zero-order valence-electron chi connectivity index (χ0n) is 17.9. The fourth-order valence-corrected chi connectivity index (χ4v) is 4.83. The van der Waals surface area contributed by atoms with E-state index in [2.05, 4.69) is 19.9 Å². The van der Waals surface area contributed by atoms with Crippen molar-refractivity contribution in [3.63, 3.8) is 0 Å². The van der Waals surface area contributed by atoms with Crippen LogP contribution in [0.5, 0.6) is 0 Å². The zero-order valence-corrected chi connectivity index (χ0v) is 17.9. The van der Waals surface area contributed by atoms with Crippen LogP contribution in [-0.4, -0.2) is 30.9 Å². The van der Waals surface area contributed by atoms with Gasteiger partial charge >= 0.3 is 6.18 Å². The standard InChI is InChI=1S/C23H23F3N6O/c1-13-11-31(22-20(13)16(21(27)33)9-10-28-22)15-7-5-14(6-8-15)29-18-3-2-4-19-30-17(12-32(18)19)23(24,25)26/h2-4,9-12,14-15,29H,5-8H2,1H3,(H2,27,33). The van der Waals surface area contributed by atoms with E-state index in [9.17, 15) is 18.0 Å². The third-order valence-electron chi connectivity index (χ3n) is 6.39. The van der Waals surface area contributed by atoms with E-state index in [1.54, 1.807) is 30.5 Å². The van der Waals surface area contributed by atoms with Crippen LogP contribution in [0.4, 0.5) is 19.0 Å². The molecule has 4 heterocycles. The van der Waals surface area contributed by atoms with Crippen molar-refractivity contribution >= 4 is 28.4 Å². The van der Waals surface area contributed by atoms with Gasteiger partial charge in [0.1, 0.15) is 17.1 Å². The lowest BCUT2D eigenvalue weighted by atomic mass is 9.91. The number of nitrogens with zero attached hydrogens (tertiary/aromatic N) is 4. The number of alkyl halides is 3. The summed E-state index contributed by atoms with van der Waals surface area (Å²) < 4.78 is 42.8. The van der Waals surface area contributed by atoms with Gasteiger partial charge in [-0.3, -0.25) is 9.20 Å². The van der Waals surface area contributed by atoms with Crippen molar-refractivity contribution < 1.29 is 18.0 Å². The van der Waals surface area contributed by atoms with Crippen LogP contribution in [0.1, 0.15) is 53.3 Å². The summed E-state index contributed by atoms with van der Waals surface area (Å²) in [6, 6.07) is 7.01. The Morgan fingerprint density at radius 1 is 1.15 bits per heavy atom. The first-order chi connectivity index (χ1) is 15.7. The highest BCUT2D eigenvalue weighted by molar-refractivity contribution is 6.06. The molecule has 33 heavy (non-hydrogen) atoms. The minimum atomic E-state index is -4.48. The summed E-state index contributed by atoms with van der Waals surface area (Å²) in [5.74, 6) is 0.118. The number of fused-ring (bicyclic) bond motifs is 2. The average Bonchev–Trinajstić information content (AvgIpc) is 3.37. The molecule has 7 nitrogen and oxygen atoms in total. The molecular weight excluding hydrogens is 433 g/mol. The van der Waals surface area contributed by atoms with Crippen LogP contribution in [0.25, 0.3) is 16.7 Å². The van der Waals surface area contributed by atoms with Crippen molar-refractivity contribution in [1.29, 1.82) is 0 Å². The van der Waals surface area contributed by atoms with Gasteiger partial charge in [0.25, 0.3) is 0 Å². The van der Waals surface area contributed by atoms with Gasteiger partial charge in [-0.15, -0.1) is 0 Å². The first-order valence-corrected chi connectivity index (χ1v) is 10.8. The van der Waals surface area contributed by atoms with Gasteiger partial charge in [-0.25, -0.2) is 9.97 Å². The smallest absolute Gasteiger partial charge is 0.368 e. The maximum Gasteiger partial charge on any atom is 0.434 e. The number of nitrogens with one attached hydrogen (secondary N) is 1. The highest BCUT2D eigenvalue weighted by Gasteiger charge is 2.34. The van der Waals surface area contributed by atoms with E-state index in [0.29, 0.717) is 11.4 Å². The maximum absolute atomic E-state index is 13.1. The molecule has 4 aromatic heterocycles. The molecule has 0 spiro atoms. The van der Waals surface area contributed by atoms with Crippen LogP contribution in [0.3, 0.4) is 0 Å². The molecule has 1 aliphatic carbocycles. The molecule has 0 aliphatic heterocycles. The molecule has 1 saturated carbocycles. The Hall–Kier alpha value is -3.56. The number of hydrogen-bond donors (Lipinski definition) is 2. The lowest BCUT2D eigenvalue weighted by Gasteiger charge is -2.31. The first kappa shape index (κ1) is 21.3. The molecule has 3 N–H and O–H groups in total.